The van der Waals surface area contributed by atoms with E-state index in [0.717, 1.165) is 16.5 Å². The number of benzene rings is 2. The highest BCUT2D eigenvalue weighted by Gasteiger charge is 2.15. The Hall–Kier alpha value is -3.61. The molecule has 3 aromatic rings. The number of hydrogen-bond donors (Lipinski definition) is 1. The molecule has 0 aliphatic rings. The fraction of sp³-hybridized carbons (Fsp3) is 0.190. The summed E-state index contributed by atoms with van der Waals surface area (Å²) >= 11 is 0. The number of nitrogens with one attached hydrogen (secondary N) is 1. The molecule has 1 heterocycles. The highest BCUT2D eigenvalue weighted by Crippen LogP contribution is 2.38. The molecular weight excluding hydrogens is 358 g/mol. The number of nitrogens with zero attached hydrogens (tertiary/aromatic N) is 2. The number of pyridine rings is 1. The lowest BCUT2D eigenvalue weighted by Gasteiger charge is -2.13. The van der Waals surface area contributed by atoms with Crippen LogP contribution in [0.1, 0.15) is 18.1 Å². The van der Waals surface area contributed by atoms with Gasteiger partial charge in [0, 0.05) is 17.9 Å². The fourth-order valence-electron chi connectivity index (χ4n) is 2.80. The van der Waals surface area contributed by atoms with Crippen molar-refractivity contribution in [3.63, 3.8) is 0 Å². The first kappa shape index (κ1) is 19.2. The van der Waals surface area contributed by atoms with Crippen LogP contribution in [0.15, 0.2) is 47.6 Å². The fourth-order valence-corrected chi connectivity index (χ4v) is 2.80. The molecular formula is C21H21N3O4. The number of hydrazone groups is 1. The molecule has 0 unspecified atom stereocenters. The monoisotopic (exact) mass is 379 g/mol. The molecule has 1 N–H and O–H groups in total. The Bertz CT molecular complexity index is 1020. The van der Waals surface area contributed by atoms with E-state index in [1.54, 1.807) is 18.3 Å². The van der Waals surface area contributed by atoms with Gasteiger partial charge in [0.2, 0.25) is 5.75 Å². The summed E-state index contributed by atoms with van der Waals surface area (Å²) in [6, 6.07) is 13.3. The van der Waals surface area contributed by atoms with Gasteiger partial charge in [-0.15, -0.1) is 0 Å². The molecule has 7 nitrogen and oxygen atoms in total. The van der Waals surface area contributed by atoms with Crippen LogP contribution in [-0.4, -0.2) is 31.4 Å². The number of para-hydroxylation sites is 1. The zero-order valence-corrected chi connectivity index (χ0v) is 16.1. The maximum atomic E-state index is 11.3. The quantitative estimate of drug-likeness (QED) is 0.302. The number of carbonyl (C=O) groups is 1. The Morgan fingerprint density at radius 2 is 1.79 bits per heavy atom. The predicted molar refractivity (Wildman–Crippen MR) is 109 cm³/mol. The maximum absolute atomic E-state index is 11.3. The second-order valence-electron chi connectivity index (χ2n) is 6.06. The zero-order chi connectivity index (χ0) is 20.1. The standard InChI is InChI=1S/C21H21N3O4/c1-13-9-20(23-17-8-6-5-7-16(13)17)24-22-12-15-10-18(26-3)21(28-14(2)25)19(11-15)27-4/h5-12H,1-4H3,(H,23,24)/b22-12+. The zero-order valence-electron chi connectivity index (χ0n) is 16.1. The van der Waals surface area contributed by atoms with E-state index in [0.29, 0.717) is 22.9 Å². The van der Waals surface area contributed by atoms with Crippen LogP contribution in [0.25, 0.3) is 10.9 Å². The summed E-state index contributed by atoms with van der Waals surface area (Å²) in [6.07, 6.45) is 1.61. The molecule has 0 fully saturated rings. The van der Waals surface area contributed by atoms with Gasteiger partial charge in [0.15, 0.2) is 11.5 Å². The number of anilines is 1. The van der Waals surface area contributed by atoms with E-state index in [4.69, 9.17) is 14.2 Å². The van der Waals surface area contributed by atoms with Crippen LogP contribution in [0.2, 0.25) is 0 Å². The number of methoxy groups -OCH3 is 2. The Morgan fingerprint density at radius 3 is 2.43 bits per heavy atom. The first-order chi connectivity index (χ1) is 13.5. The van der Waals surface area contributed by atoms with Crippen LogP contribution in [0, 0.1) is 6.92 Å². The first-order valence-electron chi connectivity index (χ1n) is 8.61. The molecule has 1 aromatic heterocycles. The lowest BCUT2D eigenvalue weighted by atomic mass is 10.1. The number of aryl methyl sites for hydroxylation is 1. The maximum Gasteiger partial charge on any atom is 0.308 e. The number of esters is 1. The minimum atomic E-state index is -0.461. The highest BCUT2D eigenvalue weighted by molar-refractivity contribution is 5.85. The summed E-state index contributed by atoms with van der Waals surface area (Å²) in [7, 11) is 2.98. The topological polar surface area (TPSA) is 82.0 Å². The summed E-state index contributed by atoms with van der Waals surface area (Å²) in [5.41, 5.74) is 5.65. The molecule has 0 spiro atoms. The number of fused-ring (bicyclic) bond motifs is 1. The summed E-state index contributed by atoms with van der Waals surface area (Å²) < 4.78 is 15.8. The molecule has 0 amide bonds. The number of aromatic nitrogens is 1. The summed E-state index contributed by atoms with van der Waals surface area (Å²) in [5, 5.41) is 5.35. The van der Waals surface area contributed by atoms with Gasteiger partial charge in [-0.05, 0) is 36.8 Å². The third kappa shape index (κ3) is 4.20. The van der Waals surface area contributed by atoms with Crippen molar-refractivity contribution in [2.24, 2.45) is 5.10 Å². The summed E-state index contributed by atoms with van der Waals surface area (Å²) in [4.78, 5) is 15.9. The third-order valence-corrected chi connectivity index (χ3v) is 4.04. The average Bonchev–Trinajstić information content (AvgIpc) is 2.68. The average molecular weight is 379 g/mol. The molecule has 2 aromatic carbocycles. The molecule has 3 rings (SSSR count). The van der Waals surface area contributed by atoms with Crippen molar-refractivity contribution in [3.8, 4) is 17.2 Å². The summed E-state index contributed by atoms with van der Waals surface area (Å²) in [5.74, 6) is 1.15. The highest BCUT2D eigenvalue weighted by atomic mass is 16.6. The lowest BCUT2D eigenvalue weighted by Crippen LogP contribution is -2.05. The van der Waals surface area contributed by atoms with E-state index >= 15 is 0 Å². The van der Waals surface area contributed by atoms with E-state index in [9.17, 15) is 4.79 Å². The van der Waals surface area contributed by atoms with E-state index < -0.39 is 5.97 Å². The van der Waals surface area contributed by atoms with Crippen molar-refractivity contribution < 1.29 is 19.0 Å². The predicted octanol–water partition coefficient (Wildman–Crippen LogP) is 3.93. The number of rotatable bonds is 6. The third-order valence-electron chi connectivity index (χ3n) is 4.04. The molecule has 144 valence electrons. The smallest absolute Gasteiger partial charge is 0.308 e. The largest absolute Gasteiger partial charge is 0.493 e. The molecule has 7 heteroatoms. The van der Waals surface area contributed by atoms with Gasteiger partial charge in [-0.3, -0.25) is 10.2 Å². The van der Waals surface area contributed by atoms with Crippen molar-refractivity contribution in [1.29, 1.82) is 0 Å². The van der Waals surface area contributed by atoms with Crippen LogP contribution in [-0.2, 0) is 4.79 Å². The normalized spacial score (nSPS) is 10.9. The molecule has 0 aliphatic heterocycles. The molecule has 0 saturated carbocycles. The van der Waals surface area contributed by atoms with Crippen molar-refractivity contribution in [2.45, 2.75) is 13.8 Å². The van der Waals surface area contributed by atoms with Crippen LogP contribution in [0.5, 0.6) is 17.2 Å². The van der Waals surface area contributed by atoms with E-state index in [1.807, 2.05) is 37.3 Å². The van der Waals surface area contributed by atoms with Gasteiger partial charge in [-0.25, -0.2) is 4.98 Å². The van der Waals surface area contributed by atoms with Crippen molar-refractivity contribution in [1.82, 2.24) is 4.98 Å². The second-order valence-corrected chi connectivity index (χ2v) is 6.06. The lowest BCUT2D eigenvalue weighted by molar-refractivity contribution is -0.132. The number of carbonyl (C=O) groups excluding carboxylic acids is 1. The van der Waals surface area contributed by atoms with Gasteiger partial charge in [0.25, 0.3) is 0 Å². The van der Waals surface area contributed by atoms with Gasteiger partial charge in [0.1, 0.15) is 5.82 Å². The van der Waals surface area contributed by atoms with Gasteiger partial charge in [-0.2, -0.15) is 5.10 Å². The van der Waals surface area contributed by atoms with Crippen LogP contribution in [0.4, 0.5) is 5.82 Å². The van der Waals surface area contributed by atoms with Gasteiger partial charge >= 0.3 is 5.97 Å². The van der Waals surface area contributed by atoms with E-state index in [-0.39, 0.29) is 5.75 Å². The molecule has 0 bridgehead atoms. The Morgan fingerprint density at radius 1 is 1.11 bits per heavy atom. The van der Waals surface area contributed by atoms with Crippen LogP contribution in [0.3, 0.4) is 0 Å². The van der Waals surface area contributed by atoms with Crippen molar-refractivity contribution in [2.75, 3.05) is 19.6 Å². The second kappa shape index (κ2) is 8.39. The molecule has 28 heavy (non-hydrogen) atoms. The van der Waals surface area contributed by atoms with Gasteiger partial charge in [0.05, 0.1) is 26.0 Å². The molecule has 0 aliphatic carbocycles. The Balaban J connectivity index is 1.85. The van der Waals surface area contributed by atoms with Crippen molar-refractivity contribution in [3.05, 3.63) is 53.6 Å². The summed E-state index contributed by atoms with van der Waals surface area (Å²) in [6.45, 7) is 3.35. The Kier molecular flexibility index (Phi) is 5.74. The molecule has 0 radical (unpaired) electrons. The van der Waals surface area contributed by atoms with E-state index in [2.05, 4.69) is 15.5 Å². The SMILES string of the molecule is COc1cc(/C=N/Nc2cc(C)c3ccccc3n2)cc(OC)c1OC(C)=O. The number of hydrogen-bond acceptors (Lipinski definition) is 7. The minimum absolute atomic E-state index is 0.231. The molecule has 0 atom stereocenters. The van der Waals surface area contributed by atoms with Crippen molar-refractivity contribution >= 4 is 28.9 Å². The van der Waals surface area contributed by atoms with Crippen LogP contribution < -0.4 is 19.6 Å². The van der Waals surface area contributed by atoms with Gasteiger partial charge < -0.3 is 14.2 Å². The number of ether oxygens (including phenoxy) is 3. The Labute approximate surface area is 162 Å². The first-order valence-corrected chi connectivity index (χ1v) is 8.61. The molecule has 0 saturated heterocycles. The van der Waals surface area contributed by atoms with Gasteiger partial charge in [-0.1, -0.05) is 18.2 Å². The minimum Gasteiger partial charge on any atom is -0.493 e. The van der Waals surface area contributed by atoms with E-state index in [1.165, 1.54) is 21.1 Å². The van der Waals surface area contributed by atoms with Crippen LogP contribution >= 0.6 is 0 Å².